The van der Waals surface area contributed by atoms with Gasteiger partial charge in [-0.15, -0.1) is 0 Å². The molecule has 0 unspecified atom stereocenters. The zero-order valence-corrected chi connectivity index (χ0v) is 7.84. The first-order valence-electron chi connectivity index (χ1n) is 4.07. The molecular formula is C9H12ClNO. The van der Waals surface area contributed by atoms with Crippen molar-refractivity contribution < 1.29 is 4.74 Å². The van der Waals surface area contributed by atoms with Crippen LogP contribution in [0, 0.1) is 0 Å². The predicted octanol–water partition coefficient (Wildman–Crippen LogP) is 2.91. The van der Waals surface area contributed by atoms with Gasteiger partial charge in [-0.25, -0.2) is 4.98 Å². The number of rotatable bonds is 4. The minimum Gasteiger partial charge on any atom is -0.492 e. The first kappa shape index (κ1) is 9.33. The maximum absolute atomic E-state index is 5.61. The Morgan fingerprint density at radius 2 is 2.33 bits per heavy atom. The molecule has 0 aliphatic rings. The van der Waals surface area contributed by atoms with Gasteiger partial charge in [-0.1, -0.05) is 24.9 Å². The number of nitrogens with zero attached hydrogens (tertiary/aromatic N) is 1. The summed E-state index contributed by atoms with van der Waals surface area (Å²) in [5.74, 6) is 0.785. The zero-order chi connectivity index (χ0) is 8.81. The molecule has 0 aliphatic heterocycles. The van der Waals surface area contributed by atoms with Crippen LogP contribution in [0.5, 0.6) is 5.75 Å². The second-order valence-electron chi connectivity index (χ2n) is 2.52. The molecule has 0 aromatic carbocycles. The van der Waals surface area contributed by atoms with Crippen LogP contribution in [0.2, 0.25) is 5.15 Å². The van der Waals surface area contributed by atoms with Crippen LogP contribution in [0.1, 0.15) is 19.8 Å². The maximum atomic E-state index is 5.61. The molecule has 1 aromatic heterocycles. The van der Waals surface area contributed by atoms with Gasteiger partial charge in [-0.2, -0.15) is 0 Å². The Morgan fingerprint density at radius 1 is 1.50 bits per heavy atom. The highest BCUT2D eigenvalue weighted by molar-refractivity contribution is 6.29. The van der Waals surface area contributed by atoms with E-state index in [4.69, 9.17) is 16.3 Å². The van der Waals surface area contributed by atoms with Gasteiger partial charge in [0.15, 0.2) is 0 Å². The van der Waals surface area contributed by atoms with Gasteiger partial charge < -0.3 is 4.74 Å². The first-order valence-corrected chi connectivity index (χ1v) is 4.45. The molecule has 1 rings (SSSR count). The second kappa shape index (κ2) is 4.99. The highest BCUT2D eigenvalue weighted by Crippen LogP contribution is 2.12. The number of halogens is 1. The molecule has 1 aromatic rings. The summed E-state index contributed by atoms with van der Waals surface area (Å²) in [5, 5.41) is 0.498. The van der Waals surface area contributed by atoms with Gasteiger partial charge in [0.25, 0.3) is 0 Å². The molecule has 0 radical (unpaired) electrons. The molecule has 0 spiro atoms. The number of hydrogen-bond acceptors (Lipinski definition) is 2. The van der Waals surface area contributed by atoms with Gasteiger partial charge >= 0.3 is 0 Å². The Kier molecular flexibility index (Phi) is 3.88. The third-order valence-electron chi connectivity index (χ3n) is 1.47. The van der Waals surface area contributed by atoms with E-state index in [1.54, 1.807) is 12.3 Å². The Morgan fingerprint density at radius 3 is 2.92 bits per heavy atom. The van der Waals surface area contributed by atoms with E-state index >= 15 is 0 Å². The van der Waals surface area contributed by atoms with Crippen molar-refractivity contribution in [2.24, 2.45) is 0 Å². The minimum absolute atomic E-state index is 0.498. The highest BCUT2D eigenvalue weighted by Gasteiger charge is 1.93. The van der Waals surface area contributed by atoms with E-state index in [0.29, 0.717) is 5.15 Å². The summed E-state index contributed by atoms with van der Waals surface area (Å²) < 4.78 is 5.38. The molecule has 0 amide bonds. The van der Waals surface area contributed by atoms with E-state index in [0.717, 1.165) is 25.2 Å². The van der Waals surface area contributed by atoms with E-state index in [1.807, 2.05) is 6.07 Å². The molecule has 3 heteroatoms. The van der Waals surface area contributed by atoms with Gasteiger partial charge in [-0.05, 0) is 18.6 Å². The standard InChI is InChI=1S/C9H12ClNO/c1-2-3-6-12-8-4-5-9(10)11-7-8/h4-5,7H,2-3,6H2,1H3. The molecule has 2 nitrogen and oxygen atoms in total. The number of pyridine rings is 1. The SMILES string of the molecule is CCCCOc1ccc(Cl)nc1. The van der Waals surface area contributed by atoms with Crippen molar-refractivity contribution in [2.75, 3.05) is 6.61 Å². The summed E-state index contributed by atoms with van der Waals surface area (Å²) >= 11 is 5.61. The van der Waals surface area contributed by atoms with Gasteiger partial charge in [-0.3, -0.25) is 0 Å². The van der Waals surface area contributed by atoms with Crippen LogP contribution in [0.4, 0.5) is 0 Å². The largest absolute Gasteiger partial charge is 0.492 e. The van der Waals surface area contributed by atoms with Crippen molar-refractivity contribution in [3.63, 3.8) is 0 Å². The van der Waals surface area contributed by atoms with Crippen LogP contribution in [0.3, 0.4) is 0 Å². The summed E-state index contributed by atoms with van der Waals surface area (Å²) in [4.78, 5) is 3.90. The Hall–Kier alpha value is -0.760. The van der Waals surface area contributed by atoms with E-state index in [1.165, 1.54) is 0 Å². The van der Waals surface area contributed by atoms with Gasteiger partial charge in [0.05, 0.1) is 12.8 Å². The summed E-state index contributed by atoms with van der Waals surface area (Å²) in [6, 6.07) is 3.55. The third-order valence-corrected chi connectivity index (χ3v) is 1.69. The van der Waals surface area contributed by atoms with Gasteiger partial charge in [0, 0.05) is 0 Å². The van der Waals surface area contributed by atoms with Gasteiger partial charge in [0.2, 0.25) is 0 Å². The second-order valence-corrected chi connectivity index (χ2v) is 2.91. The highest BCUT2D eigenvalue weighted by atomic mass is 35.5. The molecule has 0 aliphatic carbocycles. The zero-order valence-electron chi connectivity index (χ0n) is 7.09. The van der Waals surface area contributed by atoms with Crippen LogP contribution in [0.25, 0.3) is 0 Å². The molecule has 0 saturated heterocycles. The van der Waals surface area contributed by atoms with E-state index in [-0.39, 0.29) is 0 Å². The van der Waals surface area contributed by atoms with Crippen LogP contribution in [-0.2, 0) is 0 Å². The van der Waals surface area contributed by atoms with Crippen molar-refractivity contribution >= 4 is 11.6 Å². The minimum atomic E-state index is 0.498. The number of aromatic nitrogens is 1. The molecule has 0 bridgehead atoms. The summed E-state index contributed by atoms with van der Waals surface area (Å²) in [5.41, 5.74) is 0. The van der Waals surface area contributed by atoms with Crippen LogP contribution >= 0.6 is 11.6 Å². The fourth-order valence-electron chi connectivity index (χ4n) is 0.782. The fourth-order valence-corrected chi connectivity index (χ4v) is 0.894. The summed E-state index contributed by atoms with van der Waals surface area (Å²) in [6.45, 7) is 2.88. The lowest BCUT2D eigenvalue weighted by molar-refractivity contribution is 0.308. The number of unbranched alkanes of at least 4 members (excludes halogenated alkanes) is 1. The lowest BCUT2D eigenvalue weighted by atomic mass is 10.4. The fraction of sp³-hybridized carbons (Fsp3) is 0.444. The molecular weight excluding hydrogens is 174 g/mol. The van der Waals surface area contributed by atoms with Crippen LogP contribution in [0.15, 0.2) is 18.3 Å². The quantitative estimate of drug-likeness (QED) is 0.532. The molecule has 1 heterocycles. The average molecular weight is 186 g/mol. The molecule has 0 N–H and O–H groups in total. The van der Waals surface area contributed by atoms with Crippen molar-refractivity contribution in [1.82, 2.24) is 4.98 Å². The van der Waals surface area contributed by atoms with Gasteiger partial charge in [0.1, 0.15) is 10.9 Å². The average Bonchev–Trinajstić information content (AvgIpc) is 2.09. The lowest BCUT2D eigenvalue weighted by Crippen LogP contribution is -1.96. The molecule has 0 fully saturated rings. The number of hydrogen-bond donors (Lipinski definition) is 0. The Bertz CT molecular complexity index is 222. The smallest absolute Gasteiger partial charge is 0.137 e. The van der Waals surface area contributed by atoms with E-state index in [2.05, 4.69) is 11.9 Å². The topological polar surface area (TPSA) is 22.1 Å². The summed E-state index contributed by atoms with van der Waals surface area (Å²) in [6.07, 6.45) is 3.85. The first-order chi connectivity index (χ1) is 5.83. The van der Waals surface area contributed by atoms with Crippen molar-refractivity contribution in [3.05, 3.63) is 23.5 Å². The van der Waals surface area contributed by atoms with Crippen LogP contribution in [-0.4, -0.2) is 11.6 Å². The lowest BCUT2D eigenvalue weighted by Gasteiger charge is -2.03. The monoisotopic (exact) mass is 185 g/mol. The Balaban J connectivity index is 2.37. The summed E-state index contributed by atoms with van der Waals surface area (Å²) in [7, 11) is 0. The van der Waals surface area contributed by atoms with E-state index < -0.39 is 0 Å². The van der Waals surface area contributed by atoms with Crippen molar-refractivity contribution in [2.45, 2.75) is 19.8 Å². The van der Waals surface area contributed by atoms with Crippen molar-refractivity contribution in [1.29, 1.82) is 0 Å². The molecule has 66 valence electrons. The normalized spacial score (nSPS) is 9.83. The van der Waals surface area contributed by atoms with E-state index in [9.17, 15) is 0 Å². The molecule has 0 saturated carbocycles. The predicted molar refractivity (Wildman–Crippen MR) is 49.7 cm³/mol. The van der Waals surface area contributed by atoms with Crippen molar-refractivity contribution in [3.8, 4) is 5.75 Å². The molecule has 12 heavy (non-hydrogen) atoms. The van der Waals surface area contributed by atoms with Crippen LogP contribution < -0.4 is 4.74 Å². The Labute approximate surface area is 77.5 Å². The third kappa shape index (κ3) is 3.09. The number of ether oxygens (including phenoxy) is 1. The maximum Gasteiger partial charge on any atom is 0.137 e. The molecule has 0 atom stereocenters.